The van der Waals surface area contributed by atoms with Crippen molar-refractivity contribution in [1.29, 1.82) is 5.26 Å². The van der Waals surface area contributed by atoms with Crippen molar-refractivity contribution >= 4 is 23.2 Å². The fourth-order valence-corrected chi connectivity index (χ4v) is 5.70. The number of aromatic nitrogens is 3. The second kappa shape index (κ2) is 13.3. The van der Waals surface area contributed by atoms with Crippen molar-refractivity contribution in [3.05, 3.63) is 54.4 Å². The minimum Gasteiger partial charge on any atom is -0.483 e. The average molecular weight is 621 g/mol. The number of alkyl halides is 2. The summed E-state index contributed by atoms with van der Waals surface area (Å²) in [4.78, 5) is 30.8. The van der Waals surface area contributed by atoms with Gasteiger partial charge >= 0.3 is 5.92 Å². The van der Waals surface area contributed by atoms with Crippen molar-refractivity contribution < 1.29 is 28.2 Å². The number of nitrogens with zero attached hydrogens (tertiary/aromatic N) is 7. The first-order chi connectivity index (χ1) is 21.8. The van der Waals surface area contributed by atoms with Crippen molar-refractivity contribution in [3.63, 3.8) is 0 Å². The van der Waals surface area contributed by atoms with E-state index in [0.29, 0.717) is 23.4 Å². The molecule has 1 unspecified atom stereocenters. The number of anilines is 3. The number of piperazine rings is 1. The topological polar surface area (TPSA) is 140 Å². The van der Waals surface area contributed by atoms with Crippen molar-refractivity contribution in [1.82, 2.24) is 24.8 Å². The zero-order valence-electron chi connectivity index (χ0n) is 24.6. The molecule has 2 aromatic carbocycles. The number of hydrogen-bond acceptors (Lipinski definition) is 11. The van der Waals surface area contributed by atoms with Gasteiger partial charge in [0.15, 0.2) is 11.9 Å². The molecule has 3 fully saturated rings. The van der Waals surface area contributed by atoms with Crippen LogP contribution >= 0.6 is 0 Å². The molecule has 3 aromatic rings. The number of aliphatic hydroxyl groups is 1. The highest BCUT2D eigenvalue weighted by Crippen LogP contribution is 2.34. The lowest BCUT2D eigenvalue weighted by molar-refractivity contribution is -0.160. The molecule has 4 heterocycles. The summed E-state index contributed by atoms with van der Waals surface area (Å²) in [6, 6.07) is 15.1. The zero-order valence-corrected chi connectivity index (χ0v) is 24.6. The first-order valence-corrected chi connectivity index (χ1v) is 14.9. The summed E-state index contributed by atoms with van der Waals surface area (Å²) < 4.78 is 40.7. The number of likely N-dealkylation sites (tertiary alicyclic amines) is 1. The number of nitriles is 1. The third-order valence-electron chi connectivity index (χ3n) is 8.35. The lowest BCUT2D eigenvalue weighted by Crippen LogP contribution is -2.56. The summed E-state index contributed by atoms with van der Waals surface area (Å²) in [7, 11) is 0. The van der Waals surface area contributed by atoms with Crippen LogP contribution in [0.5, 0.6) is 5.75 Å². The van der Waals surface area contributed by atoms with Gasteiger partial charge in [0.2, 0.25) is 11.9 Å². The minimum absolute atomic E-state index is 0.00650. The molecule has 1 aromatic heterocycles. The standard InChI is InChI=1S/C31H34F2N8O4/c32-31(33)19-41(28(43)8-14-42)9-7-27(31)45-26-6-1-21(15-22(26)16-34)29-35-20-36-30(38-29)37-23-2-4-24(5-3-23)39-10-12-40(13-11-39)25-17-44-18-25/h1-6,15,20,25,27,42H,7-14,17-19H2,(H,35,36,37,38). The maximum Gasteiger partial charge on any atom is 0.301 e. The van der Waals surface area contributed by atoms with E-state index in [-0.39, 0.29) is 30.7 Å². The van der Waals surface area contributed by atoms with Crippen LogP contribution in [0.3, 0.4) is 0 Å². The lowest BCUT2D eigenvalue weighted by Gasteiger charge is -2.43. The van der Waals surface area contributed by atoms with E-state index in [0.717, 1.165) is 55.7 Å². The van der Waals surface area contributed by atoms with Gasteiger partial charge in [0.1, 0.15) is 18.1 Å². The highest BCUT2D eigenvalue weighted by Gasteiger charge is 2.47. The summed E-state index contributed by atoms with van der Waals surface area (Å²) in [5.41, 5.74) is 2.48. The lowest BCUT2D eigenvalue weighted by atomic mass is 10.0. The van der Waals surface area contributed by atoms with Gasteiger partial charge in [-0.05, 0) is 42.5 Å². The number of nitrogens with one attached hydrogen (secondary N) is 1. The molecule has 14 heteroatoms. The minimum atomic E-state index is -3.33. The SMILES string of the molecule is N#Cc1cc(-c2ncnc(Nc3ccc(N4CCN(C5COC5)CC4)cc3)n2)ccc1OC1CCN(C(=O)CCO)CC1(F)F. The smallest absolute Gasteiger partial charge is 0.301 e. The molecular formula is C31H34F2N8O4. The average Bonchev–Trinajstić information content (AvgIpc) is 3.02. The molecule has 0 radical (unpaired) electrons. The monoisotopic (exact) mass is 620 g/mol. The number of benzene rings is 2. The van der Waals surface area contributed by atoms with Gasteiger partial charge in [-0.25, -0.2) is 18.7 Å². The predicted molar refractivity (Wildman–Crippen MR) is 160 cm³/mol. The van der Waals surface area contributed by atoms with Crippen molar-refractivity contribution in [2.24, 2.45) is 0 Å². The molecule has 3 aliphatic rings. The number of rotatable bonds is 9. The van der Waals surface area contributed by atoms with Gasteiger partial charge in [0, 0.05) is 62.5 Å². The number of ether oxygens (including phenoxy) is 2. The molecule has 0 spiro atoms. The molecular weight excluding hydrogens is 586 g/mol. The van der Waals surface area contributed by atoms with E-state index >= 15 is 0 Å². The molecule has 3 saturated heterocycles. The summed E-state index contributed by atoms with van der Waals surface area (Å²) in [5, 5.41) is 21.9. The largest absolute Gasteiger partial charge is 0.483 e. The van der Waals surface area contributed by atoms with Gasteiger partial charge in [-0.1, -0.05) is 0 Å². The van der Waals surface area contributed by atoms with Gasteiger partial charge in [-0.3, -0.25) is 9.69 Å². The van der Waals surface area contributed by atoms with E-state index in [1.807, 2.05) is 18.2 Å². The van der Waals surface area contributed by atoms with Gasteiger partial charge in [0.05, 0.1) is 38.0 Å². The Labute approximate surface area is 259 Å². The van der Waals surface area contributed by atoms with Crippen molar-refractivity contribution in [2.75, 3.05) is 69.3 Å². The Morgan fingerprint density at radius 1 is 1.11 bits per heavy atom. The normalized spacial score (nSPS) is 20.3. The fraction of sp³-hybridized carbons (Fsp3) is 0.452. The van der Waals surface area contributed by atoms with Crippen molar-refractivity contribution in [3.8, 4) is 23.2 Å². The molecule has 3 aliphatic heterocycles. The third-order valence-corrected chi connectivity index (χ3v) is 8.35. The Kier molecular flexibility index (Phi) is 9.02. The quantitative estimate of drug-likeness (QED) is 0.365. The Morgan fingerprint density at radius 3 is 2.56 bits per heavy atom. The van der Waals surface area contributed by atoms with E-state index in [1.54, 1.807) is 6.07 Å². The maximum absolute atomic E-state index is 14.9. The van der Waals surface area contributed by atoms with E-state index in [4.69, 9.17) is 14.6 Å². The Hall–Kier alpha value is -4.45. The summed E-state index contributed by atoms with van der Waals surface area (Å²) >= 11 is 0. The Morgan fingerprint density at radius 2 is 1.89 bits per heavy atom. The van der Waals surface area contributed by atoms with Crippen LogP contribution in [0.4, 0.5) is 26.1 Å². The third kappa shape index (κ3) is 6.95. The van der Waals surface area contributed by atoms with Gasteiger partial charge < -0.3 is 29.7 Å². The molecule has 236 valence electrons. The van der Waals surface area contributed by atoms with Crippen LogP contribution in [0.25, 0.3) is 11.4 Å². The van der Waals surface area contributed by atoms with E-state index in [9.17, 15) is 18.8 Å². The summed E-state index contributed by atoms with van der Waals surface area (Å²) in [6.45, 7) is 4.47. The highest BCUT2D eigenvalue weighted by atomic mass is 19.3. The second-order valence-corrected chi connectivity index (χ2v) is 11.3. The van der Waals surface area contributed by atoms with Crippen LogP contribution in [-0.2, 0) is 9.53 Å². The Bertz CT molecular complexity index is 1540. The number of carbonyl (C=O) groups excluding carboxylic acids is 1. The molecule has 1 amide bonds. The van der Waals surface area contributed by atoms with Crippen LogP contribution in [-0.4, -0.2) is 113 Å². The Balaban J connectivity index is 1.08. The van der Waals surface area contributed by atoms with Gasteiger partial charge in [0.25, 0.3) is 0 Å². The number of halogens is 2. The number of aliphatic hydroxyl groups excluding tert-OH is 1. The molecule has 0 aliphatic carbocycles. The van der Waals surface area contributed by atoms with Gasteiger partial charge in [-0.15, -0.1) is 0 Å². The summed E-state index contributed by atoms with van der Waals surface area (Å²) in [6.07, 6.45) is -0.487. The first-order valence-electron chi connectivity index (χ1n) is 14.9. The predicted octanol–water partition coefficient (Wildman–Crippen LogP) is 2.67. The van der Waals surface area contributed by atoms with E-state index in [1.165, 1.54) is 18.5 Å². The molecule has 0 saturated carbocycles. The summed E-state index contributed by atoms with van der Waals surface area (Å²) in [5.74, 6) is -3.26. The zero-order chi connectivity index (χ0) is 31.4. The van der Waals surface area contributed by atoms with E-state index in [2.05, 4.69) is 42.2 Å². The molecule has 1 atom stereocenters. The first kappa shape index (κ1) is 30.6. The van der Waals surface area contributed by atoms with Crippen molar-refractivity contribution in [2.45, 2.75) is 30.9 Å². The molecule has 45 heavy (non-hydrogen) atoms. The molecule has 6 rings (SSSR count). The van der Waals surface area contributed by atoms with Gasteiger partial charge in [-0.2, -0.15) is 10.2 Å². The number of amides is 1. The second-order valence-electron chi connectivity index (χ2n) is 11.3. The van der Waals surface area contributed by atoms with Crippen LogP contribution < -0.4 is 15.0 Å². The fourth-order valence-electron chi connectivity index (χ4n) is 5.70. The number of carbonyl (C=O) groups is 1. The van der Waals surface area contributed by atoms with Crippen LogP contribution in [0, 0.1) is 11.3 Å². The van der Waals surface area contributed by atoms with Crippen LogP contribution in [0.1, 0.15) is 18.4 Å². The molecule has 0 bridgehead atoms. The van der Waals surface area contributed by atoms with Crippen LogP contribution in [0.15, 0.2) is 48.8 Å². The molecule has 2 N–H and O–H groups in total. The van der Waals surface area contributed by atoms with Crippen LogP contribution in [0.2, 0.25) is 0 Å². The van der Waals surface area contributed by atoms with E-state index < -0.39 is 31.1 Å². The number of hydrogen-bond donors (Lipinski definition) is 2. The highest BCUT2D eigenvalue weighted by molar-refractivity contribution is 5.76. The number of piperidine rings is 1. The molecule has 12 nitrogen and oxygen atoms in total. The maximum atomic E-state index is 14.9.